The van der Waals surface area contributed by atoms with Crippen LogP contribution in [-0.2, 0) is 4.79 Å². The number of halogens is 2. The molecule has 0 radical (unpaired) electrons. The van der Waals surface area contributed by atoms with Gasteiger partial charge in [0, 0.05) is 23.7 Å². The number of rotatable bonds is 3. The van der Waals surface area contributed by atoms with Crippen LogP contribution in [0.15, 0.2) is 49.1 Å². The second-order valence-electron chi connectivity index (χ2n) is 6.49. The number of nitriles is 1. The number of amides is 2. The van der Waals surface area contributed by atoms with Crippen LogP contribution in [0.3, 0.4) is 0 Å². The van der Waals surface area contributed by atoms with Gasteiger partial charge in [-0.15, -0.1) is 0 Å². The van der Waals surface area contributed by atoms with Crippen molar-refractivity contribution in [3.8, 4) is 22.9 Å². The second kappa shape index (κ2) is 10.9. The third-order valence-corrected chi connectivity index (χ3v) is 5.31. The Kier molecular flexibility index (Phi) is 8.49. The highest BCUT2D eigenvalue weighted by molar-refractivity contribution is 6.34. The van der Waals surface area contributed by atoms with E-state index in [1.54, 1.807) is 24.3 Å². The van der Waals surface area contributed by atoms with Crippen molar-refractivity contribution in [3.05, 3.63) is 64.7 Å². The molecule has 1 heterocycles. The Morgan fingerprint density at radius 3 is 2.42 bits per heavy atom. The molecule has 0 aromatic heterocycles. The molecule has 1 fully saturated rings. The summed E-state index contributed by atoms with van der Waals surface area (Å²) < 4.78 is 0. The van der Waals surface area contributed by atoms with Crippen molar-refractivity contribution < 1.29 is 14.7 Å². The molecule has 8 heteroatoms. The molecule has 1 unspecified atom stereocenters. The summed E-state index contributed by atoms with van der Waals surface area (Å²) in [6, 6.07) is 11.0. The predicted molar refractivity (Wildman–Crippen MR) is 122 cm³/mol. The quantitative estimate of drug-likeness (QED) is 0.670. The molecule has 31 heavy (non-hydrogen) atoms. The van der Waals surface area contributed by atoms with Crippen LogP contribution in [0.4, 0.5) is 0 Å². The maximum Gasteiger partial charge on any atom is 0.257 e. The molecule has 1 atom stereocenters. The molecule has 0 aliphatic carbocycles. The van der Waals surface area contributed by atoms with Crippen LogP contribution < -0.4 is 0 Å². The summed E-state index contributed by atoms with van der Waals surface area (Å²) in [7, 11) is 0. The van der Waals surface area contributed by atoms with Crippen molar-refractivity contribution in [1.29, 1.82) is 5.26 Å². The van der Waals surface area contributed by atoms with Crippen molar-refractivity contribution in [2.45, 2.75) is 19.9 Å². The van der Waals surface area contributed by atoms with Gasteiger partial charge < -0.3 is 14.9 Å². The molecule has 2 aromatic rings. The van der Waals surface area contributed by atoms with E-state index >= 15 is 0 Å². The molecule has 0 saturated carbocycles. The Morgan fingerprint density at radius 1 is 1.19 bits per heavy atom. The van der Waals surface area contributed by atoms with E-state index in [9.17, 15) is 20.0 Å². The van der Waals surface area contributed by atoms with Gasteiger partial charge in [0.1, 0.15) is 11.8 Å². The van der Waals surface area contributed by atoms with E-state index in [0.717, 1.165) is 11.6 Å². The number of hydrogen-bond donors (Lipinski definition) is 1. The molecule has 3 rings (SSSR count). The van der Waals surface area contributed by atoms with E-state index in [0.29, 0.717) is 10.6 Å². The number of phenols is 1. The summed E-state index contributed by atoms with van der Waals surface area (Å²) in [5, 5.41) is 20.6. The number of carbonyl (C=O) groups excluding carboxylic acids is 2. The predicted octanol–water partition coefficient (Wildman–Crippen LogP) is 4.75. The smallest absolute Gasteiger partial charge is 0.257 e. The fourth-order valence-electron chi connectivity index (χ4n) is 3.21. The Balaban J connectivity index is 0.00000166. The number of nitrogens with zero attached hydrogens (tertiary/aromatic N) is 3. The van der Waals surface area contributed by atoms with E-state index in [-0.39, 0.29) is 41.9 Å². The van der Waals surface area contributed by atoms with Gasteiger partial charge in [-0.1, -0.05) is 55.8 Å². The first kappa shape index (κ1) is 24.3. The highest BCUT2D eigenvalue weighted by Gasteiger charge is 2.33. The van der Waals surface area contributed by atoms with Gasteiger partial charge in [-0.2, -0.15) is 5.26 Å². The van der Waals surface area contributed by atoms with Gasteiger partial charge in [0.05, 0.1) is 23.2 Å². The van der Waals surface area contributed by atoms with E-state index in [1.807, 2.05) is 19.9 Å². The SMILES string of the molecule is C=CC(=O)N1CCN(C(=O)c2cc(-c3ccc(Cl)cc3)c(Cl)cc2O)CC1C#N.CC. The minimum Gasteiger partial charge on any atom is -0.507 e. The van der Waals surface area contributed by atoms with Crippen molar-refractivity contribution in [1.82, 2.24) is 9.80 Å². The van der Waals surface area contributed by atoms with Gasteiger partial charge in [0.2, 0.25) is 5.91 Å². The fraction of sp³-hybridized carbons (Fsp3) is 0.261. The largest absolute Gasteiger partial charge is 0.507 e. The van der Waals surface area contributed by atoms with Gasteiger partial charge in [0.15, 0.2) is 0 Å². The first-order chi connectivity index (χ1) is 14.8. The number of phenolic OH excluding ortho intramolecular Hbond substituents is 1. The Morgan fingerprint density at radius 2 is 1.84 bits per heavy atom. The third kappa shape index (κ3) is 5.38. The van der Waals surface area contributed by atoms with Crippen LogP contribution >= 0.6 is 23.2 Å². The van der Waals surface area contributed by atoms with Crippen LogP contribution in [0.2, 0.25) is 10.0 Å². The first-order valence-electron chi connectivity index (χ1n) is 9.76. The van der Waals surface area contributed by atoms with Crippen LogP contribution in [0, 0.1) is 11.3 Å². The topological polar surface area (TPSA) is 84.6 Å². The van der Waals surface area contributed by atoms with Gasteiger partial charge in [-0.25, -0.2) is 0 Å². The second-order valence-corrected chi connectivity index (χ2v) is 7.33. The minimum atomic E-state index is -0.789. The molecule has 2 amide bonds. The number of hydrogen-bond acceptors (Lipinski definition) is 4. The fourth-order valence-corrected chi connectivity index (χ4v) is 3.61. The molecule has 2 aromatic carbocycles. The Bertz CT molecular complexity index is 1020. The molecule has 1 saturated heterocycles. The van der Waals surface area contributed by atoms with Crippen LogP contribution in [0.1, 0.15) is 24.2 Å². The zero-order chi connectivity index (χ0) is 23.1. The van der Waals surface area contributed by atoms with Crippen LogP contribution in [0.5, 0.6) is 5.75 Å². The van der Waals surface area contributed by atoms with Crippen molar-refractivity contribution in [3.63, 3.8) is 0 Å². The summed E-state index contributed by atoms with van der Waals surface area (Å²) in [5.41, 5.74) is 1.38. The highest BCUT2D eigenvalue weighted by atomic mass is 35.5. The lowest BCUT2D eigenvalue weighted by Crippen LogP contribution is -2.55. The lowest BCUT2D eigenvalue weighted by atomic mass is 10.0. The molecule has 0 bridgehead atoms. The number of carbonyl (C=O) groups is 2. The van der Waals surface area contributed by atoms with Gasteiger partial charge in [-0.05, 0) is 35.9 Å². The molecular weight excluding hydrogens is 437 g/mol. The Labute approximate surface area is 191 Å². The van der Waals surface area contributed by atoms with Crippen LogP contribution in [-0.4, -0.2) is 52.4 Å². The van der Waals surface area contributed by atoms with Gasteiger partial charge in [-0.3, -0.25) is 9.59 Å². The molecule has 1 aliphatic rings. The zero-order valence-corrected chi connectivity index (χ0v) is 18.8. The van der Waals surface area contributed by atoms with Crippen molar-refractivity contribution >= 4 is 35.0 Å². The van der Waals surface area contributed by atoms with Gasteiger partial charge in [0.25, 0.3) is 5.91 Å². The molecule has 1 N–H and O–H groups in total. The normalized spacial score (nSPS) is 15.4. The molecular formula is C23H23Cl2N3O3. The summed E-state index contributed by atoms with van der Waals surface area (Å²) in [6.45, 7) is 7.90. The van der Waals surface area contributed by atoms with E-state index in [4.69, 9.17) is 23.2 Å². The lowest BCUT2D eigenvalue weighted by Gasteiger charge is -2.37. The number of aromatic hydroxyl groups is 1. The molecule has 6 nitrogen and oxygen atoms in total. The summed E-state index contributed by atoms with van der Waals surface area (Å²) in [6.07, 6.45) is 1.14. The van der Waals surface area contributed by atoms with E-state index in [2.05, 4.69) is 6.58 Å². The molecule has 162 valence electrons. The minimum absolute atomic E-state index is 0.0350. The number of benzene rings is 2. The maximum absolute atomic E-state index is 13.0. The van der Waals surface area contributed by atoms with Crippen molar-refractivity contribution in [2.75, 3.05) is 19.6 Å². The lowest BCUT2D eigenvalue weighted by molar-refractivity contribution is -0.129. The van der Waals surface area contributed by atoms with Gasteiger partial charge >= 0.3 is 0 Å². The van der Waals surface area contributed by atoms with Crippen molar-refractivity contribution in [2.24, 2.45) is 0 Å². The van der Waals surface area contributed by atoms with Crippen LogP contribution in [0.25, 0.3) is 11.1 Å². The Hall–Kier alpha value is -3.01. The highest BCUT2D eigenvalue weighted by Crippen LogP contribution is 2.35. The third-order valence-electron chi connectivity index (χ3n) is 4.75. The number of piperazine rings is 1. The average Bonchev–Trinajstić information content (AvgIpc) is 2.80. The molecule has 0 spiro atoms. The maximum atomic E-state index is 13.0. The monoisotopic (exact) mass is 459 g/mol. The summed E-state index contributed by atoms with van der Waals surface area (Å²) >= 11 is 12.2. The molecule has 1 aliphatic heterocycles. The summed E-state index contributed by atoms with van der Waals surface area (Å²) in [5.74, 6) is -1.06. The first-order valence-corrected chi connectivity index (χ1v) is 10.5. The average molecular weight is 460 g/mol. The zero-order valence-electron chi connectivity index (χ0n) is 17.3. The standard InChI is InChI=1S/C21H17Cl2N3O3.C2H6/c1-2-20(28)26-8-7-25(12-15(26)11-24)21(29)17-9-16(18(23)10-19(17)27)13-3-5-14(22)6-4-13;1-2/h2-6,9-10,15,27H,1,7-8,12H2;1-2H3. The van der Waals surface area contributed by atoms with E-state index in [1.165, 1.54) is 21.9 Å². The summed E-state index contributed by atoms with van der Waals surface area (Å²) in [4.78, 5) is 27.7. The van der Waals surface area contributed by atoms with E-state index < -0.39 is 11.9 Å².